The minimum atomic E-state index is -0.970. The van der Waals surface area contributed by atoms with E-state index in [4.69, 9.17) is 15.6 Å². The second-order valence-electron chi connectivity index (χ2n) is 3.53. The van der Waals surface area contributed by atoms with Crippen LogP contribution in [0.15, 0.2) is 18.2 Å². The van der Waals surface area contributed by atoms with Gasteiger partial charge in [-0.2, -0.15) is 0 Å². The van der Waals surface area contributed by atoms with E-state index in [0.717, 1.165) is 0 Å². The molecule has 0 saturated carbocycles. The molecular formula is C11H16N2O3. The normalized spacial score (nSPS) is 12.1. The molecule has 4 N–H and O–H groups in total. The van der Waals surface area contributed by atoms with Crippen LogP contribution in [0.5, 0.6) is 0 Å². The van der Waals surface area contributed by atoms with Crippen molar-refractivity contribution in [3.63, 3.8) is 0 Å². The van der Waals surface area contributed by atoms with E-state index in [2.05, 4.69) is 5.32 Å². The highest BCUT2D eigenvalue weighted by atomic mass is 16.5. The number of nitrogens with two attached hydrogens (primary N) is 1. The molecule has 1 atom stereocenters. The van der Waals surface area contributed by atoms with Crippen molar-refractivity contribution < 1.29 is 14.6 Å². The van der Waals surface area contributed by atoms with Gasteiger partial charge >= 0.3 is 5.97 Å². The van der Waals surface area contributed by atoms with E-state index in [1.54, 1.807) is 13.2 Å². The third kappa shape index (κ3) is 3.13. The summed E-state index contributed by atoms with van der Waals surface area (Å²) in [6.45, 7) is 2.48. The topological polar surface area (TPSA) is 84.6 Å². The number of carbonyl (C=O) groups is 1. The number of aromatic carboxylic acids is 1. The fourth-order valence-electron chi connectivity index (χ4n) is 1.18. The maximum atomic E-state index is 10.8. The number of rotatable bonds is 5. The minimum absolute atomic E-state index is 0.0351. The fourth-order valence-corrected chi connectivity index (χ4v) is 1.18. The summed E-state index contributed by atoms with van der Waals surface area (Å²) in [5.74, 6) is -0.970. The summed E-state index contributed by atoms with van der Waals surface area (Å²) in [5, 5.41) is 11.9. The van der Waals surface area contributed by atoms with Crippen LogP contribution in [0, 0.1) is 0 Å². The number of nitrogens with one attached hydrogen (secondary N) is 1. The number of hydrogen-bond acceptors (Lipinski definition) is 4. The maximum absolute atomic E-state index is 10.8. The molecule has 1 aromatic carbocycles. The van der Waals surface area contributed by atoms with Gasteiger partial charge in [-0.1, -0.05) is 0 Å². The molecule has 0 heterocycles. The molecule has 0 aliphatic heterocycles. The fraction of sp³-hybridized carbons (Fsp3) is 0.364. The van der Waals surface area contributed by atoms with Crippen LogP contribution in [-0.2, 0) is 4.74 Å². The lowest BCUT2D eigenvalue weighted by atomic mass is 10.1. The number of carboxylic acids is 1. The van der Waals surface area contributed by atoms with Gasteiger partial charge in [0.05, 0.1) is 23.0 Å². The smallest absolute Gasteiger partial charge is 0.335 e. The molecule has 0 unspecified atom stereocenters. The molecule has 88 valence electrons. The Balaban J connectivity index is 2.78. The molecule has 5 heteroatoms. The number of methoxy groups -OCH3 is 1. The number of nitrogen functional groups attached to an aromatic ring is 1. The molecule has 0 fully saturated rings. The number of benzene rings is 1. The van der Waals surface area contributed by atoms with E-state index < -0.39 is 5.97 Å². The molecule has 0 amide bonds. The van der Waals surface area contributed by atoms with Crippen LogP contribution >= 0.6 is 0 Å². The first-order chi connectivity index (χ1) is 7.54. The molecule has 1 rings (SSSR count). The first kappa shape index (κ1) is 12.3. The summed E-state index contributed by atoms with van der Waals surface area (Å²) < 4.78 is 5.07. The molecular weight excluding hydrogens is 208 g/mol. The van der Waals surface area contributed by atoms with Crippen molar-refractivity contribution in [2.24, 2.45) is 0 Å². The summed E-state index contributed by atoms with van der Waals surface area (Å²) >= 11 is 0. The van der Waals surface area contributed by atoms with E-state index in [0.29, 0.717) is 17.9 Å². The zero-order valence-corrected chi connectivity index (χ0v) is 9.36. The molecule has 0 radical (unpaired) electrons. The van der Waals surface area contributed by atoms with Crippen molar-refractivity contribution >= 4 is 17.3 Å². The van der Waals surface area contributed by atoms with Crippen LogP contribution in [0.4, 0.5) is 11.4 Å². The van der Waals surface area contributed by atoms with Gasteiger partial charge in [0, 0.05) is 13.7 Å². The lowest BCUT2D eigenvalue weighted by Crippen LogP contribution is -2.18. The average Bonchev–Trinajstić information content (AvgIpc) is 2.27. The van der Waals surface area contributed by atoms with E-state index in [1.165, 1.54) is 12.1 Å². The SMILES string of the molecule is CO[C@H](C)CNc1cc(C(=O)O)ccc1N. The summed E-state index contributed by atoms with van der Waals surface area (Å²) in [5.41, 5.74) is 7.07. The lowest BCUT2D eigenvalue weighted by molar-refractivity contribution is 0.0697. The van der Waals surface area contributed by atoms with Gasteiger partial charge in [-0.15, -0.1) is 0 Å². The van der Waals surface area contributed by atoms with Gasteiger partial charge in [0.15, 0.2) is 0 Å². The van der Waals surface area contributed by atoms with Crippen molar-refractivity contribution in [2.45, 2.75) is 13.0 Å². The standard InChI is InChI=1S/C11H16N2O3/c1-7(16-2)6-13-10-5-8(11(14)15)3-4-9(10)12/h3-5,7,13H,6,12H2,1-2H3,(H,14,15)/t7-/m1/s1. The molecule has 16 heavy (non-hydrogen) atoms. The van der Waals surface area contributed by atoms with Crippen molar-refractivity contribution in [2.75, 3.05) is 24.7 Å². The van der Waals surface area contributed by atoms with Gasteiger partial charge in [0.25, 0.3) is 0 Å². The second-order valence-corrected chi connectivity index (χ2v) is 3.53. The van der Waals surface area contributed by atoms with E-state index >= 15 is 0 Å². The van der Waals surface area contributed by atoms with Gasteiger partial charge < -0.3 is 20.9 Å². The summed E-state index contributed by atoms with van der Waals surface area (Å²) in [7, 11) is 1.61. The Kier molecular flexibility index (Phi) is 4.13. The highest BCUT2D eigenvalue weighted by molar-refractivity contribution is 5.90. The van der Waals surface area contributed by atoms with Crippen LogP contribution in [0.3, 0.4) is 0 Å². The number of hydrogen-bond donors (Lipinski definition) is 3. The molecule has 1 aromatic rings. The van der Waals surface area contributed by atoms with Crippen LogP contribution in [0.25, 0.3) is 0 Å². The number of carboxylic acid groups (broad SMARTS) is 1. The third-order valence-electron chi connectivity index (χ3n) is 2.28. The molecule has 5 nitrogen and oxygen atoms in total. The van der Waals surface area contributed by atoms with E-state index in [1.807, 2.05) is 6.92 Å². The van der Waals surface area contributed by atoms with Gasteiger partial charge in [-0.25, -0.2) is 4.79 Å². The molecule has 0 aromatic heterocycles. The Bertz CT molecular complexity index is 379. The predicted octanol–water partition coefficient (Wildman–Crippen LogP) is 1.41. The van der Waals surface area contributed by atoms with Crippen LogP contribution < -0.4 is 11.1 Å². The number of anilines is 2. The maximum Gasteiger partial charge on any atom is 0.335 e. The quantitative estimate of drug-likeness (QED) is 0.658. The monoisotopic (exact) mass is 224 g/mol. The Hall–Kier alpha value is -1.75. The van der Waals surface area contributed by atoms with Gasteiger partial charge in [-0.05, 0) is 25.1 Å². The summed E-state index contributed by atoms with van der Waals surface area (Å²) in [4.78, 5) is 10.8. The average molecular weight is 224 g/mol. The zero-order valence-electron chi connectivity index (χ0n) is 9.36. The highest BCUT2D eigenvalue weighted by Gasteiger charge is 2.07. The highest BCUT2D eigenvalue weighted by Crippen LogP contribution is 2.20. The van der Waals surface area contributed by atoms with Gasteiger partial charge in [0.1, 0.15) is 0 Å². The third-order valence-corrected chi connectivity index (χ3v) is 2.28. The van der Waals surface area contributed by atoms with Crippen molar-refractivity contribution in [3.8, 4) is 0 Å². The Labute approximate surface area is 94.2 Å². The van der Waals surface area contributed by atoms with Crippen LogP contribution in [-0.4, -0.2) is 30.8 Å². The van der Waals surface area contributed by atoms with Crippen molar-refractivity contribution in [1.29, 1.82) is 0 Å². The van der Waals surface area contributed by atoms with Crippen molar-refractivity contribution in [3.05, 3.63) is 23.8 Å². The van der Waals surface area contributed by atoms with E-state index in [-0.39, 0.29) is 11.7 Å². The molecule has 0 saturated heterocycles. The largest absolute Gasteiger partial charge is 0.478 e. The van der Waals surface area contributed by atoms with Crippen molar-refractivity contribution in [1.82, 2.24) is 0 Å². The predicted molar refractivity (Wildman–Crippen MR) is 62.8 cm³/mol. The summed E-state index contributed by atoms with van der Waals surface area (Å²) in [6, 6.07) is 4.56. The van der Waals surface area contributed by atoms with Crippen LogP contribution in [0.1, 0.15) is 17.3 Å². The van der Waals surface area contributed by atoms with E-state index in [9.17, 15) is 4.79 Å². The Morgan fingerprint density at radius 1 is 1.62 bits per heavy atom. The second kappa shape index (κ2) is 5.37. The van der Waals surface area contributed by atoms with Gasteiger partial charge in [0.2, 0.25) is 0 Å². The minimum Gasteiger partial charge on any atom is -0.478 e. The summed E-state index contributed by atoms with van der Waals surface area (Å²) in [6.07, 6.45) is 0.0351. The lowest BCUT2D eigenvalue weighted by Gasteiger charge is -2.13. The first-order valence-corrected chi connectivity index (χ1v) is 4.94. The number of ether oxygens (including phenoxy) is 1. The molecule has 0 aliphatic rings. The Morgan fingerprint density at radius 2 is 2.31 bits per heavy atom. The molecule has 0 bridgehead atoms. The molecule has 0 aliphatic carbocycles. The Morgan fingerprint density at radius 3 is 2.88 bits per heavy atom. The molecule has 0 spiro atoms. The first-order valence-electron chi connectivity index (χ1n) is 4.94. The zero-order chi connectivity index (χ0) is 12.1. The van der Waals surface area contributed by atoms with Gasteiger partial charge in [-0.3, -0.25) is 0 Å². The van der Waals surface area contributed by atoms with Crippen LogP contribution in [0.2, 0.25) is 0 Å².